The van der Waals surface area contributed by atoms with Crippen LogP contribution in [-0.2, 0) is 4.79 Å². The van der Waals surface area contributed by atoms with E-state index in [-0.39, 0.29) is 11.4 Å². The number of carbonyl (C=O) groups is 1. The maximum atomic E-state index is 11.8. The van der Waals surface area contributed by atoms with E-state index in [2.05, 4.69) is 45.3 Å². The maximum Gasteiger partial charge on any atom is 0.234 e. The Morgan fingerprint density at radius 2 is 1.94 bits per heavy atom. The topological polar surface area (TPSA) is 41.1 Å². The smallest absolute Gasteiger partial charge is 0.234 e. The summed E-state index contributed by atoms with van der Waals surface area (Å²) < 4.78 is 0. The fourth-order valence-corrected chi connectivity index (χ4v) is 2.63. The highest BCUT2D eigenvalue weighted by Gasteiger charge is 2.32. The Hall–Kier alpha value is -0.570. The third kappa shape index (κ3) is 4.66. The Labute approximate surface area is 106 Å². The van der Waals surface area contributed by atoms with Gasteiger partial charge in [0, 0.05) is 11.6 Å². The fraction of sp³-hybridized carbons (Fsp3) is 0.929. The van der Waals surface area contributed by atoms with E-state index in [1.54, 1.807) is 0 Å². The molecular formula is C14H28N2O. The molecule has 1 aliphatic rings. The van der Waals surface area contributed by atoms with E-state index in [4.69, 9.17) is 0 Å². The number of nitrogens with one attached hydrogen (secondary N) is 2. The molecular weight excluding hydrogens is 212 g/mol. The molecule has 3 nitrogen and oxygen atoms in total. The summed E-state index contributed by atoms with van der Waals surface area (Å²) in [6, 6.07) is 0.384. The Kier molecular flexibility index (Phi) is 4.99. The second-order valence-corrected chi connectivity index (χ2v) is 6.38. The molecule has 0 aliphatic heterocycles. The van der Waals surface area contributed by atoms with E-state index in [1.807, 2.05) is 0 Å². The summed E-state index contributed by atoms with van der Waals surface area (Å²) >= 11 is 0. The predicted molar refractivity (Wildman–Crippen MR) is 71.9 cm³/mol. The molecule has 1 aliphatic carbocycles. The van der Waals surface area contributed by atoms with Crippen molar-refractivity contribution in [3.05, 3.63) is 0 Å². The molecule has 0 aromatic carbocycles. The molecule has 3 unspecified atom stereocenters. The van der Waals surface area contributed by atoms with Crippen molar-refractivity contribution >= 4 is 5.91 Å². The van der Waals surface area contributed by atoms with Crippen LogP contribution in [0.3, 0.4) is 0 Å². The van der Waals surface area contributed by atoms with Crippen molar-refractivity contribution in [1.82, 2.24) is 10.6 Å². The molecule has 0 aromatic heterocycles. The third-order valence-corrected chi connectivity index (χ3v) is 3.88. The van der Waals surface area contributed by atoms with Crippen LogP contribution in [0.15, 0.2) is 0 Å². The molecule has 2 N–H and O–H groups in total. The second kappa shape index (κ2) is 5.85. The van der Waals surface area contributed by atoms with Gasteiger partial charge in [-0.25, -0.2) is 0 Å². The zero-order valence-electron chi connectivity index (χ0n) is 12.0. The lowest BCUT2D eigenvalue weighted by Gasteiger charge is -2.23. The van der Waals surface area contributed by atoms with E-state index in [9.17, 15) is 4.79 Å². The minimum Gasteiger partial charge on any atom is -0.352 e. The van der Waals surface area contributed by atoms with Gasteiger partial charge in [0.15, 0.2) is 0 Å². The van der Waals surface area contributed by atoms with E-state index in [1.165, 1.54) is 12.8 Å². The lowest BCUT2D eigenvalue weighted by molar-refractivity contribution is -0.121. The summed E-state index contributed by atoms with van der Waals surface area (Å²) in [5, 5.41) is 6.39. The maximum absolute atomic E-state index is 11.8. The monoisotopic (exact) mass is 240 g/mol. The van der Waals surface area contributed by atoms with E-state index in [0.29, 0.717) is 18.5 Å². The molecule has 0 aromatic rings. The van der Waals surface area contributed by atoms with Crippen molar-refractivity contribution in [2.24, 2.45) is 11.8 Å². The minimum atomic E-state index is 0.00455. The van der Waals surface area contributed by atoms with Gasteiger partial charge in [0.1, 0.15) is 0 Å². The molecule has 3 atom stereocenters. The molecule has 0 radical (unpaired) electrons. The zero-order valence-corrected chi connectivity index (χ0v) is 12.0. The molecule has 100 valence electrons. The van der Waals surface area contributed by atoms with Crippen molar-refractivity contribution in [2.45, 2.75) is 65.5 Å². The Balaban J connectivity index is 2.32. The van der Waals surface area contributed by atoms with Crippen LogP contribution in [0.5, 0.6) is 0 Å². The first-order chi connectivity index (χ1) is 7.83. The quantitative estimate of drug-likeness (QED) is 0.792. The lowest BCUT2D eigenvalue weighted by atomic mass is 9.93. The standard InChI is InChI=1S/C14H28N2O/c1-6-11-7-8-12(10(11)2)16-13(17)9-15-14(3,4)5/h10-12,15H,6-9H2,1-5H3,(H,16,17). The van der Waals surface area contributed by atoms with Crippen molar-refractivity contribution in [2.75, 3.05) is 6.54 Å². The van der Waals surface area contributed by atoms with Crippen LogP contribution in [0.2, 0.25) is 0 Å². The molecule has 1 fully saturated rings. The largest absolute Gasteiger partial charge is 0.352 e. The predicted octanol–water partition coefficient (Wildman–Crippen LogP) is 2.32. The summed E-state index contributed by atoms with van der Waals surface area (Å²) in [5.41, 5.74) is 0.00455. The van der Waals surface area contributed by atoms with Crippen molar-refractivity contribution in [3.63, 3.8) is 0 Å². The lowest BCUT2D eigenvalue weighted by Crippen LogP contribution is -2.46. The van der Waals surface area contributed by atoms with Crippen LogP contribution in [0, 0.1) is 11.8 Å². The fourth-order valence-electron chi connectivity index (χ4n) is 2.63. The van der Waals surface area contributed by atoms with Gasteiger partial charge in [-0.3, -0.25) is 4.79 Å². The van der Waals surface area contributed by atoms with Crippen LogP contribution >= 0.6 is 0 Å². The highest BCUT2D eigenvalue weighted by molar-refractivity contribution is 5.78. The normalized spacial score (nSPS) is 29.4. The molecule has 0 bridgehead atoms. The van der Waals surface area contributed by atoms with Gasteiger partial charge in [0.2, 0.25) is 5.91 Å². The van der Waals surface area contributed by atoms with Crippen molar-refractivity contribution in [3.8, 4) is 0 Å². The minimum absolute atomic E-state index is 0.00455. The number of rotatable bonds is 4. The van der Waals surface area contributed by atoms with Gasteiger partial charge in [-0.2, -0.15) is 0 Å². The number of amides is 1. The highest BCUT2D eigenvalue weighted by Crippen LogP contribution is 2.33. The van der Waals surface area contributed by atoms with Crippen molar-refractivity contribution < 1.29 is 4.79 Å². The Bertz CT molecular complexity index is 257. The molecule has 17 heavy (non-hydrogen) atoms. The average Bonchev–Trinajstić information content (AvgIpc) is 2.56. The van der Waals surface area contributed by atoms with Gasteiger partial charge in [-0.1, -0.05) is 20.3 Å². The highest BCUT2D eigenvalue weighted by atomic mass is 16.2. The Morgan fingerprint density at radius 1 is 1.29 bits per heavy atom. The number of hydrogen-bond donors (Lipinski definition) is 2. The number of hydrogen-bond acceptors (Lipinski definition) is 2. The zero-order chi connectivity index (χ0) is 13.1. The van der Waals surface area contributed by atoms with Gasteiger partial charge < -0.3 is 10.6 Å². The molecule has 1 rings (SSSR count). The first-order valence-corrected chi connectivity index (χ1v) is 6.88. The SMILES string of the molecule is CCC1CCC(NC(=O)CNC(C)(C)C)C1C. The third-order valence-electron chi connectivity index (χ3n) is 3.88. The van der Waals surface area contributed by atoms with Gasteiger partial charge in [-0.05, 0) is 45.4 Å². The van der Waals surface area contributed by atoms with E-state index >= 15 is 0 Å². The summed E-state index contributed by atoms with van der Waals surface area (Å²) in [6.07, 6.45) is 3.63. The summed E-state index contributed by atoms with van der Waals surface area (Å²) in [5.74, 6) is 1.54. The second-order valence-electron chi connectivity index (χ2n) is 6.38. The van der Waals surface area contributed by atoms with Crippen LogP contribution in [-0.4, -0.2) is 24.0 Å². The number of carbonyl (C=O) groups excluding carboxylic acids is 1. The van der Waals surface area contributed by atoms with E-state index < -0.39 is 0 Å². The molecule has 0 heterocycles. The van der Waals surface area contributed by atoms with Gasteiger partial charge in [-0.15, -0.1) is 0 Å². The van der Waals surface area contributed by atoms with Crippen LogP contribution < -0.4 is 10.6 Å². The molecule has 1 amide bonds. The summed E-state index contributed by atoms with van der Waals surface area (Å²) in [7, 11) is 0. The molecule has 0 saturated heterocycles. The summed E-state index contributed by atoms with van der Waals surface area (Å²) in [4.78, 5) is 11.8. The molecule has 1 saturated carbocycles. The van der Waals surface area contributed by atoms with Crippen LogP contribution in [0.4, 0.5) is 0 Å². The van der Waals surface area contributed by atoms with Gasteiger partial charge >= 0.3 is 0 Å². The van der Waals surface area contributed by atoms with Crippen LogP contribution in [0.25, 0.3) is 0 Å². The van der Waals surface area contributed by atoms with Gasteiger partial charge in [0.25, 0.3) is 0 Å². The van der Waals surface area contributed by atoms with Crippen LogP contribution in [0.1, 0.15) is 53.9 Å². The molecule has 3 heteroatoms. The van der Waals surface area contributed by atoms with Gasteiger partial charge in [0.05, 0.1) is 6.54 Å². The first-order valence-electron chi connectivity index (χ1n) is 6.88. The molecule has 0 spiro atoms. The Morgan fingerprint density at radius 3 is 2.41 bits per heavy atom. The summed E-state index contributed by atoms with van der Waals surface area (Å²) in [6.45, 7) is 11.2. The first kappa shape index (κ1) is 14.5. The average molecular weight is 240 g/mol. The van der Waals surface area contributed by atoms with Crippen molar-refractivity contribution in [1.29, 1.82) is 0 Å². The van der Waals surface area contributed by atoms with E-state index in [0.717, 1.165) is 12.3 Å².